The van der Waals surface area contributed by atoms with E-state index in [9.17, 15) is 0 Å². The topological polar surface area (TPSA) is 58.8 Å². The summed E-state index contributed by atoms with van der Waals surface area (Å²) in [5, 5.41) is 8.71. The van der Waals surface area contributed by atoms with Crippen molar-refractivity contribution in [2.75, 3.05) is 6.61 Å². The Balaban J connectivity index is 1.90. The van der Waals surface area contributed by atoms with E-state index in [2.05, 4.69) is 9.97 Å². The number of hydrogen-bond acceptors (Lipinski definition) is 4. The monoisotopic (exact) mass is 189 g/mol. The van der Waals surface area contributed by atoms with Gasteiger partial charge in [0, 0.05) is 12.4 Å². The predicted octanol–water partition coefficient (Wildman–Crippen LogP) is 1.53. The fourth-order valence-electron chi connectivity index (χ4n) is 1.24. The first-order valence-corrected chi connectivity index (χ1v) is 4.74. The van der Waals surface area contributed by atoms with Crippen molar-refractivity contribution < 1.29 is 4.74 Å². The van der Waals surface area contributed by atoms with Crippen molar-refractivity contribution in [3.05, 3.63) is 18.1 Å². The molecule has 1 heterocycles. The molecule has 0 spiro atoms. The molecule has 1 saturated carbocycles. The predicted molar refractivity (Wildman–Crippen MR) is 49.6 cm³/mol. The highest BCUT2D eigenvalue weighted by Gasteiger charge is 2.21. The summed E-state index contributed by atoms with van der Waals surface area (Å²) in [5.74, 6) is 1.19. The quantitative estimate of drug-likeness (QED) is 0.720. The average molecular weight is 189 g/mol. The van der Waals surface area contributed by atoms with Gasteiger partial charge in [0.1, 0.15) is 6.07 Å². The highest BCUT2D eigenvalue weighted by molar-refractivity contribution is 5.29. The molecule has 2 rings (SSSR count). The van der Waals surface area contributed by atoms with Crippen molar-refractivity contribution >= 4 is 0 Å². The van der Waals surface area contributed by atoms with Gasteiger partial charge in [-0.3, -0.25) is 0 Å². The highest BCUT2D eigenvalue weighted by atomic mass is 16.5. The van der Waals surface area contributed by atoms with E-state index < -0.39 is 0 Å². The zero-order valence-corrected chi connectivity index (χ0v) is 7.81. The lowest BCUT2D eigenvalue weighted by atomic mass is 10.3. The van der Waals surface area contributed by atoms with Crippen LogP contribution in [0.5, 0.6) is 5.88 Å². The molecule has 0 radical (unpaired) electrons. The van der Waals surface area contributed by atoms with Gasteiger partial charge in [-0.15, -0.1) is 0 Å². The van der Waals surface area contributed by atoms with Crippen LogP contribution < -0.4 is 4.74 Å². The van der Waals surface area contributed by atoms with Crippen molar-refractivity contribution in [2.24, 2.45) is 5.92 Å². The molecule has 1 fully saturated rings. The van der Waals surface area contributed by atoms with Gasteiger partial charge in [0.25, 0.3) is 5.88 Å². The van der Waals surface area contributed by atoms with Crippen LogP contribution in [-0.2, 0) is 0 Å². The fourth-order valence-corrected chi connectivity index (χ4v) is 1.24. The van der Waals surface area contributed by atoms with Crippen LogP contribution in [0.1, 0.15) is 25.0 Å². The van der Waals surface area contributed by atoms with Crippen LogP contribution >= 0.6 is 0 Å². The van der Waals surface area contributed by atoms with Gasteiger partial charge in [-0.25, -0.2) is 9.97 Å². The van der Waals surface area contributed by atoms with Gasteiger partial charge < -0.3 is 4.74 Å². The molecule has 0 aliphatic heterocycles. The minimum atomic E-state index is 0.267. The van der Waals surface area contributed by atoms with Gasteiger partial charge >= 0.3 is 0 Å². The van der Waals surface area contributed by atoms with Gasteiger partial charge in [0.2, 0.25) is 5.69 Å². The summed E-state index contributed by atoms with van der Waals surface area (Å²) in [6.45, 7) is 0.637. The van der Waals surface area contributed by atoms with Crippen LogP contribution in [-0.4, -0.2) is 16.6 Å². The third kappa shape index (κ3) is 2.19. The standard InChI is InChI=1S/C10H11N3O/c11-7-9-10(13-5-4-12-9)14-6-3-8-1-2-8/h4-5,8H,1-3,6H2. The van der Waals surface area contributed by atoms with Crippen molar-refractivity contribution in [1.29, 1.82) is 5.26 Å². The number of rotatable bonds is 4. The molecule has 4 nitrogen and oxygen atoms in total. The number of nitriles is 1. The Morgan fingerprint density at radius 1 is 1.43 bits per heavy atom. The molecule has 0 N–H and O–H groups in total. The van der Waals surface area contributed by atoms with Gasteiger partial charge in [-0.05, 0) is 12.3 Å². The zero-order chi connectivity index (χ0) is 9.80. The largest absolute Gasteiger partial charge is 0.476 e. The van der Waals surface area contributed by atoms with Gasteiger partial charge in [-0.2, -0.15) is 5.26 Å². The van der Waals surface area contributed by atoms with Crippen LogP contribution in [0.2, 0.25) is 0 Å². The lowest BCUT2D eigenvalue weighted by Crippen LogP contribution is -2.02. The van der Waals surface area contributed by atoms with Crippen molar-refractivity contribution in [1.82, 2.24) is 9.97 Å². The normalized spacial score (nSPS) is 14.8. The van der Waals surface area contributed by atoms with Crippen molar-refractivity contribution in [2.45, 2.75) is 19.3 Å². The summed E-state index contributed by atoms with van der Waals surface area (Å²) in [7, 11) is 0. The Morgan fingerprint density at radius 2 is 2.21 bits per heavy atom. The molecule has 1 aromatic heterocycles. The highest BCUT2D eigenvalue weighted by Crippen LogP contribution is 2.32. The van der Waals surface area contributed by atoms with Gasteiger partial charge in [-0.1, -0.05) is 12.8 Å². The van der Waals surface area contributed by atoms with Crippen molar-refractivity contribution in [3.63, 3.8) is 0 Å². The lowest BCUT2D eigenvalue weighted by Gasteiger charge is -2.04. The second-order valence-corrected chi connectivity index (χ2v) is 3.40. The molecule has 4 heteroatoms. The molecule has 0 atom stereocenters. The smallest absolute Gasteiger partial charge is 0.251 e. The number of ether oxygens (including phenoxy) is 1. The molecule has 0 amide bonds. The van der Waals surface area contributed by atoms with Crippen LogP contribution in [0.25, 0.3) is 0 Å². The molecule has 1 aromatic rings. The van der Waals surface area contributed by atoms with E-state index >= 15 is 0 Å². The Bertz CT molecular complexity index is 355. The van der Waals surface area contributed by atoms with Crippen LogP contribution in [0.3, 0.4) is 0 Å². The Labute approximate surface area is 82.6 Å². The summed E-state index contributed by atoms with van der Waals surface area (Å²) in [4.78, 5) is 7.82. The second-order valence-electron chi connectivity index (χ2n) is 3.40. The van der Waals surface area contributed by atoms with Gasteiger partial charge in [0.15, 0.2) is 0 Å². The van der Waals surface area contributed by atoms with Crippen LogP contribution in [0.15, 0.2) is 12.4 Å². The van der Waals surface area contributed by atoms with Gasteiger partial charge in [0.05, 0.1) is 6.61 Å². The van der Waals surface area contributed by atoms with E-state index in [1.165, 1.54) is 25.2 Å². The maximum Gasteiger partial charge on any atom is 0.251 e. The van der Waals surface area contributed by atoms with E-state index in [-0.39, 0.29) is 5.69 Å². The summed E-state index contributed by atoms with van der Waals surface area (Å²) in [6.07, 6.45) is 6.71. The number of hydrogen-bond donors (Lipinski definition) is 0. The molecule has 1 aliphatic rings. The first-order valence-electron chi connectivity index (χ1n) is 4.74. The third-order valence-electron chi connectivity index (χ3n) is 2.23. The molecular formula is C10H11N3O. The molecule has 0 saturated heterocycles. The molecule has 0 bridgehead atoms. The Morgan fingerprint density at radius 3 is 2.93 bits per heavy atom. The molecule has 1 aliphatic carbocycles. The number of nitrogens with zero attached hydrogens (tertiary/aromatic N) is 3. The van der Waals surface area contributed by atoms with E-state index in [0.29, 0.717) is 12.5 Å². The second kappa shape index (κ2) is 4.05. The molecular weight excluding hydrogens is 178 g/mol. The third-order valence-corrected chi connectivity index (χ3v) is 2.23. The minimum absolute atomic E-state index is 0.267. The van der Waals surface area contributed by atoms with E-state index in [1.54, 1.807) is 0 Å². The molecule has 72 valence electrons. The molecule has 0 aromatic carbocycles. The average Bonchev–Trinajstić information content (AvgIpc) is 3.03. The zero-order valence-electron chi connectivity index (χ0n) is 7.81. The maximum atomic E-state index is 8.71. The summed E-state index contributed by atoms with van der Waals surface area (Å²) < 4.78 is 5.38. The van der Waals surface area contributed by atoms with Crippen LogP contribution in [0.4, 0.5) is 0 Å². The minimum Gasteiger partial charge on any atom is -0.476 e. The van der Waals surface area contributed by atoms with E-state index in [0.717, 1.165) is 12.3 Å². The van der Waals surface area contributed by atoms with E-state index in [4.69, 9.17) is 10.00 Å². The first-order chi connectivity index (χ1) is 6.90. The fraction of sp³-hybridized carbons (Fsp3) is 0.500. The number of aromatic nitrogens is 2. The van der Waals surface area contributed by atoms with E-state index in [1.807, 2.05) is 6.07 Å². The lowest BCUT2D eigenvalue weighted by molar-refractivity contribution is 0.289. The summed E-state index contributed by atoms with van der Waals surface area (Å²) >= 11 is 0. The SMILES string of the molecule is N#Cc1nccnc1OCCC1CC1. The molecule has 14 heavy (non-hydrogen) atoms. The van der Waals surface area contributed by atoms with Crippen molar-refractivity contribution in [3.8, 4) is 11.9 Å². The first kappa shape index (κ1) is 8.95. The Kier molecular flexibility index (Phi) is 2.59. The Hall–Kier alpha value is -1.63. The van der Waals surface area contributed by atoms with Crippen LogP contribution in [0, 0.1) is 17.2 Å². The maximum absolute atomic E-state index is 8.71. The summed E-state index contributed by atoms with van der Waals surface area (Å²) in [5.41, 5.74) is 0.267. The molecule has 0 unspecified atom stereocenters. The summed E-state index contributed by atoms with van der Waals surface area (Å²) in [6, 6.07) is 1.95.